The van der Waals surface area contributed by atoms with Crippen LogP contribution in [0.5, 0.6) is 0 Å². The third-order valence-corrected chi connectivity index (χ3v) is 4.65. The maximum absolute atomic E-state index is 4.64. The van der Waals surface area contributed by atoms with E-state index >= 15 is 0 Å². The van der Waals surface area contributed by atoms with Crippen LogP contribution in [0.4, 0.5) is 0 Å². The molecule has 0 atom stereocenters. The fourth-order valence-electron chi connectivity index (χ4n) is 2.44. The van der Waals surface area contributed by atoms with E-state index in [2.05, 4.69) is 51.6 Å². The molecule has 0 N–H and O–H groups in total. The van der Waals surface area contributed by atoms with Crippen molar-refractivity contribution in [2.45, 2.75) is 33.9 Å². The van der Waals surface area contributed by atoms with Crippen molar-refractivity contribution in [1.29, 1.82) is 0 Å². The van der Waals surface area contributed by atoms with Gasteiger partial charge in [-0.05, 0) is 27.8 Å². The number of thiazole rings is 1. The molecule has 0 aromatic carbocycles. The van der Waals surface area contributed by atoms with Crippen LogP contribution in [0.15, 0.2) is 6.20 Å². The zero-order valence-corrected chi connectivity index (χ0v) is 13.9. The van der Waals surface area contributed by atoms with E-state index in [4.69, 9.17) is 0 Å². The van der Waals surface area contributed by atoms with Crippen molar-refractivity contribution >= 4 is 16.3 Å². The molecule has 0 amide bonds. The van der Waals surface area contributed by atoms with E-state index in [9.17, 15) is 0 Å². The van der Waals surface area contributed by atoms with Gasteiger partial charge in [-0.3, -0.25) is 9.30 Å². The first-order valence-corrected chi connectivity index (χ1v) is 7.74. The zero-order valence-electron chi connectivity index (χ0n) is 13.1. The minimum Gasteiger partial charge on any atom is -0.317 e. The monoisotopic (exact) mass is 304 g/mol. The van der Waals surface area contributed by atoms with E-state index in [1.54, 1.807) is 11.3 Å². The first kappa shape index (κ1) is 14.2. The molecule has 112 valence electrons. The molecule has 0 fully saturated rings. The van der Waals surface area contributed by atoms with Gasteiger partial charge < -0.3 is 4.57 Å². The summed E-state index contributed by atoms with van der Waals surface area (Å²) in [5.41, 5.74) is 2.35. The van der Waals surface area contributed by atoms with Gasteiger partial charge in [0.25, 0.3) is 0 Å². The van der Waals surface area contributed by atoms with Crippen LogP contribution in [-0.4, -0.2) is 36.1 Å². The summed E-state index contributed by atoms with van der Waals surface area (Å²) in [7, 11) is 4.10. The smallest absolute Gasteiger partial charge is 0.194 e. The van der Waals surface area contributed by atoms with Crippen molar-refractivity contribution in [2.75, 3.05) is 7.05 Å². The van der Waals surface area contributed by atoms with Gasteiger partial charge in [0, 0.05) is 24.7 Å². The summed E-state index contributed by atoms with van der Waals surface area (Å²) in [6.45, 7) is 7.77. The predicted molar refractivity (Wildman–Crippen MR) is 83.5 cm³/mol. The summed E-state index contributed by atoms with van der Waals surface area (Å²) in [6.07, 6.45) is 2.16. The van der Waals surface area contributed by atoms with Crippen LogP contribution in [0.3, 0.4) is 0 Å². The van der Waals surface area contributed by atoms with E-state index in [0.717, 1.165) is 35.4 Å². The number of nitrogens with zero attached hydrogens (tertiary/aromatic N) is 6. The Morgan fingerprint density at radius 3 is 2.62 bits per heavy atom. The lowest BCUT2D eigenvalue weighted by Crippen LogP contribution is -2.21. The first-order chi connectivity index (χ1) is 9.95. The van der Waals surface area contributed by atoms with Crippen LogP contribution in [-0.2, 0) is 20.1 Å². The number of hydrogen-bond donors (Lipinski definition) is 0. The lowest BCUT2D eigenvalue weighted by atomic mass is 10.3. The summed E-state index contributed by atoms with van der Waals surface area (Å²) < 4.78 is 4.23. The second-order valence-electron chi connectivity index (χ2n) is 5.53. The van der Waals surface area contributed by atoms with Crippen LogP contribution < -0.4 is 0 Å². The highest BCUT2D eigenvalue weighted by atomic mass is 32.1. The fourth-order valence-corrected chi connectivity index (χ4v) is 3.33. The summed E-state index contributed by atoms with van der Waals surface area (Å²) in [5.74, 6) is 1.92. The van der Waals surface area contributed by atoms with Gasteiger partial charge in [-0.2, -0.15) is 0 Å². The number of aromatic nitrogens is 5. The molecule has 21 heavy (non-hydrogen) atoms. The second kappa shape index (κ2) is 5.23. The third kappa shape index (κ3) is 2.58. The number of fused-ring (bicyclic) bond motifs is 1. The molecule has 3 aromatic heterocycles. The average molecular weight is 304 g/mol. The maximum Gasteiger partial charge on any atom is 0.194 e. The van der Waals surface area contributed by atoms with Crippen molar-refractivity contribution in [3.8, 4) is 0 Å². The molecule has 0 aliphatic carbocycles. The summed E-state index contributed by atoms with van der Waals surface area (Å²) >= 11 is 1.73. The molecule has 0 bridgehead atoms. The Morgan fingerprint density at radius 2 is 1.95 bits per heavy atom. The molecule has 0 unspecified atom stereocenters. The molecule has 0 saturated carbocycles. The van der Waals surface area contributed by atoms with Gasteiger partial charge in [-0.15, -0.1) is 21.5 Å². The van der Waals surface area contributed by atoms with Crippen molar-refractivity contribution in [3.05, 3.63) is 34.1 Å². The van der Waals surface area contributed by atoms with Gasteiger partial charge in [0.2, 0.25) is 0 Å². The standard InChI is InChI=1S/C14H20N6S/c1-9-6-20-12(10(2)15-14(20)21-9)7-18(4)8-13-17-16-11(3)19(13)5/h6H,7-8H2,1-5H3. The van der Waals surface area contributed by atoms with Gasteiger partial charge in [0.15, 0.2) is 4.96 Å². The average Bonchev–Trinajstić information content (AvgIpc) is 3.01. The Morgan fingerprint density at radius 1 is 1.19 bits per heavy atom. The van der Waals surface area contributed by atoms with Gasteiger partial charge in [-0.1, -0.05) is 0 Å². The van der Waals surface area contributed by atoms with Crippen LogP contribution in [0.2, 0.25) is 0 Å². The third-order valence-electron chi connectivity index (χ3n) is 3.75. The highest BCUT2D eigenvalue weighted by Gasteiger charge is 2.14. The Kier molecular flexibility index (Phi) is 3.54. The highest BCUT2D eigenvalue weighted by molar-refractivity contribution is 7.17. The lowest BCUT2D eigenvalue weighted by Gasteiger charge is -2.16. The minimum atomic E-state index is 0.771. The largest absolute Gasteiger partial charge is 0.317 e. The normalized spacial score (nSPS) is 11.9. The predicted octanol–water partition coefficient (Wildman–Crippen LogP) is 2.08. The SMILES string of the molecule is Cc1cn2c(CN(C)Cc3nnc(C)n3C)c(C)nc2s1. The Balaban J connectivity index is 1.81. The molecule has 0 radical (unpaired) electrons. The van der Waals surface area contributed by atoms with Crippen LogP contribution in [0, 0.1) is 20.8 Å². The van der Waals surface area contributed by atoms with Gasteiger partial charge in [0.1, 0.15) is 11.6 Å². The molecular weight excluding hydrogens is 284 g/mol. The molecule has 0 aliphatic heterocycles. The van der Waals surface area contributed by atoms with Crippen molar-refractivity contribution in [3.63, 3.8) is 0 Å². The molecule has 6 nitrogen and oxygen atoms in total. The van der Waals surface area contributed by atoms with Crippen LogP contribution in [0.25, 0.3) is 4.96 Å². The Bertz CT molecular complexity index is 781. The number of rotatable bonds is 4. The minimum absolute atomic E-state index is 0.771. The van der Waals surface area contributed by atoms with Crippen LogP contribution in [0.1, 0.15) is 27.9 Å². The lowest BCUT2D eigenvalue weighted by molar-refractivity contribution is 0.301. The number of hydrogen-bond acceptors (Lipinski definition) is 5. The molecule has 7 heteroatoms. The van der Waals surface area contributed by atoms with Gasteiger partial charge in [0.05, 0.1) is 17.9 Å². The topological polar surface area (TPSA) is 51.2 Å². The van der Waals surface area contributed by atoms with E-state index in [0.29, 0.717) is 0 Å². The quantitative estimate of drug-likeness (QED) is 0.740. The van der Waals surface area contributed by atoms with Crippen molar-refractivity contribution in [1.82, 2.24) is 29.0 Å². The molecule has 3 heterocycles. The highest BCUT2D eigenvalue weighted by Crippen LogP contribution is 2.21. The Hall–Kier alpha value is -1.73. The summed E-state index contributed by atoms with van der Waals surface area (Å²) in [5, 5.41) is 8.33. The van der Waals surface area contributed by atoms with Gasteiger partial charge in [-0.25, -0.2) is 4.98 Å². The van der Waals surface area contributed by atoms with E-state index < -0.39 is 0 Å². The Labute approximate surface area is 128 Å². The molecule has 0 aliphatic rings. The molecule has 3 aromatic rings. The van der Waals surface area contributed by atoms with E-state index in [1.807, 2.05) is 18.5 Å². The molecular formula is C14H20N6S. The number of aryl methyl sites for hydroxylation is 3. The second-order valence-corrected chi connectivity index (χ2v) is 6.75. The molecule has 0 spiro atoms. The summed E-state index contributed by atoms with van der Waals surface area (Å²) in [4.78, 5) is 9.24. The van der Waals surface area contributed by atoms with Gasteiger partial charge >= 0.3 is 0 Å². The van der Waals surface area contributed by atoms with E-state index in [1.165, 1.54) is 10.6 Å². The molecule has 3 rings (SSSR count). The first-order valence-electron chi connectivity index (χ1n) is 6.93. The van der Waals surface area contributed by atoms with E-state index in [-0.39, 0.29) is 0 Å². The fraction of sp³-hybridized carbons (Fsp3) is 0.500. The van der Waals surface area contributed by atoms with Crippen molar-refractivity contribution < 1.29 is 0 Å². The van der Waals surface area contributed by atoms with Crippen molar-refractivity contribution in [2.24, 2.45) is 7.05 Å². The zero-order chi connectivity index (χ0) is 15.1. The molecule has 0 saturated heterocycles. The maximum atomic E-state index is 4.64. The number of imidazole rings is 1. The van der Waals surface area contributed by atoms with Crippen LogP contribution >= 0.6 is 11.3 Å². The summed E-state index contributed by atoms with van der Waals surface area (Å²) in [6, 6.07) is 0.